The van der Waals surface area contributed by atoms with Crippen molar-refractivity contribution < 1.29 is 13.9 Å². The van der Waals surface area contributed by atoms with Crippen molar-refractivity contribution in [2.75, 3.05) is 24.6 Å². The fraction of sp³-hybridized carbons (Fsp3) is 0.667. The predicted octanol–water partition coefficient (Wildman–Crippen LogP) is 2.16. The molecule has 0 radical (unpaired) electrons. The number of carbonyl (C=O) groups excluding carboxylic acids is 1. The molecule has 2 aliphatic carbocycles. The van der Waals surface area contributed by atoms with Gasteiger partial charge in [-0.2, -0.15) is 0 Å². The van der Waals surface area contributed by atoms with Crippen LogP contribution in [0, 0.1) is 24.7 Å². The van der Waals surface area contributed by atoms with Gasteiger partial charge in [0.25, 0.3) is 5.91 Å². The first-order chi connectivity index (χ1) is 14.1. The molecule has 2 aromatic rings. The van der Waals surface area contributed by atoms with Gasteiger partial charge in [0.15, 0.2) is 0 Å². The van der Waals surface area contributed by atoms with Crippen molar-refractivity contribution in [1.82, 2.24) is 20.1 Å². The van der Waals surface area contributed by atoms with Crippen LogP contribution in [0.25, 0.3) is 0 Å². The Labute approximate surface area is 170 Å². The number of amides is 1. The Morgan fingerprint density at radius 3 is 2.72 bits per heavy atom. The zero-order valence-electron chi connectivity index (χ0n) is 17.1. The second kappa shape index (κ2) is 7.48. The maximum Gasteiger partial charge on any atom is 0.318 e. The fourth-order valence-electron chi connectivity index (χ4n) is 4.80. The van der Waals surface area contributed by atoms with Gasteiger partial charge in [-0.3, -0.25) is 4.79 Å². The highest BCUT2D eigenvalue weighted by Crippen LogP contribution is 2.40. The number of hydrogen-bond donors (Lipinski definition) is 1. The van der Waals surface area contributed by atoms with Crippen LogP contribution in [0.3, 0.4) is 0 Å². The van der Waals surface area contributed by atoms with Gasteiger partial charge < -0.3 is 23.9 Å². The summed E-state index contributed by atoms with van der Waals surface area (Å²) in [6, 6.07) is 4.39. The molecule has 0 unspecified atom stereocenters. The van der Waals surface area contributed by atoms with Crippen LogP contribution in [0.1, 0.15) is 42.1 Å². The second-order valence-electron chi connectivity index (χ2n) is 8.90. The summed E-state index contributed by atoms with van der Waals surface area (Å²) in [4.78, 5) is 15.0. The number of anilines is 1. The largest absolute Gasteiger partial charge is 0.408 e. The van der Waals surface area contributed by atoms with E-state index in [4.69, 9.17) is 9.15 Å². The SMILES string of the molecule is Cc1nnc(N2C[C@H]3C[C@H](OCC4CC4)[C@@H](NC(=O)c4cccn4C)C[C@H]3C2)o1. The first-order valence-electron chi connectivity index (χ1n) is 10.7. The van der Waals surface area contributed by atoms with E-state index in [9.17, 15) is 4.79 Å². The van der Waals surface area contributed by atoms with E-state index < -0.39 is 0 Å². The zero-order valence-corrected chi connectivity index (χ0v) is 17.1. The Hall–Kier alpha value is -2.35. The van der Waals surface area contributed by atoms with E-state index in [1.807, 2.05) is 36.9 Å². The average molecular weight is 399 g/mol. The maximum atomic E-state index is 12.8. The number of aryl methyl sites for hydroxylation is 2. The summed E-state index contributed by atoms with van der Waals surface area (Å²) in [5.74, 6) is 2.28. The monoisotopic (exact) mass is 399 g/mol. The Kier molecular flexibility index (Phi) is 4.81. The van der Waals surface area contributed by atoms with Crippen LogP contribution in [-0.2, 0) is 11.8 Å². The van der Waals surface area contributed by atoms with Crippen molar-refractivity contribution in [2.45, 2.75) is 44.8 Å². The molecule has 8 nitrogen and oxygen atoms in total. The predicted molar refractivity (Wildman–Crippen MR) is 107 cm³/mol. The van der Waals surface area contributed by atoms with Gasteiger partial charge in [-0.1, -0.05) is 5.10 Å². The molecule has 0 spiro atoms. The van der Waals surface area contributed by atoms with Crippen molar-refractivity contribution in [3.8, 4) is 0 Å². The number of carbonyl (C=O) groups is 1. The van der Waals surface area contributed by atoms with Crippen LogP contribution >= 0.6 is 0 Å². The molecule has 156 valence electrons. The molecule has 4 atom stereocenters. The van der Waals surface area contributed by atoms with Crippen molar-refractivity contribution in [3.05, 3.63) is 29.9 Å². The molecule has 0 aromatic carbocycles. The Morgan fingerprint density at radius 1 is 1.28 bits per heavy atom. The van der Waals surface area contributed by atoms with Crippen molar-refractivity contribution in [3.63, 3.8) is 0 Å². The molecule has 2 aromatic heterocycles. The average Bonchev–Trinajstić information content (AvgIpc) is 3.05. The van der Waals surface area contributed by atoms with E-state index in [2.05, 4.69) is 20.4 Å². The Bertz CT molecular complexity index is 873. The van der Waals surface area contributed by atoms with E-state index in [1.165, 1.54) is 12.8 Å². The Balaban J connectivity index is 1.29. The summed E-state index contributed by atoms with van der Waals surface area (Å²) in [7, 11) is 1.90. The minimum atomic E-state index is -0.0247. The Morgan fingerprint density at radius 2 is 2.07 bits per heavy atom. The topological polar surface area (TPSA) is 85.4 Å². The molecule has 3 heterocycles. The van der Waals surface area contributed by atoms with E-state index in [-0.39, 0.29) is 18.1 Å². The number of nitrogens with zero attached hydrogens (tertiary/aromatic N) is 4. The highest BCUT2D eigenvalue weighted by molar-refractivity contribution is 5.92. The number of nitrogens with one attached hydrogen (secondary N) is 1. The molecule has 5 rings (SSSR count). The van der Waals surface area contributed by atoms with Crippen LogP contribution in [0.4, 0.5) is 6.01 Å². The van der Waals surface area contributed by atoms with Crippen LogP contribution in [-0.4, -0.2) is 52.5 Å². The van der Waals surface area contributed by atoms with Gasteiger partial charge in [0.2, 0.25) is 5.89 Å². The number of rotatable bonds is 6. The normalized spacial score (nSPS) is 29.1. The fourth-order valence-corrected chi connectivity index (χ4v) is 4.80. The third kappa shape index (κ3) is 3.90. The smallest absolute Gasteiger partial charge is 0.318 e. The minimum Gasteiger partial charge on any atom is -0.408 e. The molecule has 3 fully saturated rings. The molecule has 3 aliphatic rings. The van der Waals surface area contributed by atoms with Crippen LogP contribution < -0.4 is 10.2 Å². The number of hydrogen-bond acceptors (Lipinski definition) is 6. The molecule has 1 N–H and O–H groups in total. The number of fused-ring (bicyclic) bond motifs is 1. The minimum absolute atomic E-state index is 0.0247. The quantitative estimate of drug-likeness (QED) is 0.801. The molecular weight excluding hydrogens is 370 g/mol. The second-order valence-corrected chi connectivity index (χ2v) is 8.90. The molecule has 2 saturated carbocycles. The molecule has 8 heteroatoms. The third-order valence-electron chi connectivity index (χ3n) is 6.64. The summed E-state index contributed by atoms with van der Waals surface area (Å²) >= 11 is 0. The van der Waals surface area contributed by atoms with Gasteiger partial charge in [0.05, 0.1) is 12.1 Å². The lowest BCUT2D eigenvalue weighted by Crippen LogP contribution is -2.50. The lowest BCUT2D eigenvalue weighted by molar-refractivity contribution is -0.0212. The van der Waals surface area contributed by atoms with Gasteiger partial charge in [-0.15, -0.1) is 5.10 Å². The van der Waals surface area contributed by atoms with Crippen LogP contribution in [0.5, 0.6) is 0 Å². The van der Waals surface area contributed by atoms with Gasteiger partial charge in [-0.05, 0) is 55.6 Å². The summed E-state index contributed by atoms with van der Waals surface area (Å²) < 4.78 is 13.8. The summed E-state index contributed by atoms with van der Waals surface area (Å²) in [5, 5.41) is 11.4. The first-order valence-corrected chi connectivity index (χ1v) is 10.7. The third-order valence-corrected chi connectivity index (χ3v) is 6.64. The van der Waals surface area contributed by atoms with Gasteiger partial charge in [0, 0.05) is 39.9 Å². The molecule has 29 heavy (non-hydrogen) atoms. The zero-order chi connectivity index (χ0) is 20.0. The van der Waals surface area contributed by atoms with Crippen LogP contribution in [0.15, 0.2) is 22.7 Å². The summed E-state index contributed by atoms with van der Waals surface area (Å²) in [5.41, 5.74) is 0.683. The molecule has 1 saturated heterocycles. The summed E-state index contributed by atoms with van der Waals surface area (Å²) in [6.07, 6.45) is 6.37. The van der Waals surface area contributed by atoms with E-state index in [0.29, 0.717) is 35.4 Å². The van der Waals surface area contributed by atoms with Gasteiger partial charge in [-0.25, -0.2) is 0 Å². The lowest BCUT2D eigenvalue weighted by atomic mass is 9.77. The highest BCUT2D eigenvalue weighted by Gasteiger charge is 2.44. The van der Waals surface area contributed by atoms with E-state index in [1.54, 1.807) is 0 Å². The lowest BCUT2D eigenvalue weighted by Gasteiger charge is -2.38. The van der Waals surface area contributed by atoms with Gasteiger partial charge >= 0.3 is 6.01 Å². The van der Waals surface area contributed by atoms with Crippen molar-refractivity contribution >= 4 is 11.9 Å². The van der Waals surface area contributed by atoms with E-state index in [0.717, 1.165) is 32.5 Å². The van der Waals surface area contributed by atoms with Crippen molar-refractivity contribution in [2.24, 2.45) is 24.8 Å². The molecule has 1 aliphatic heterocycles. The maximum absolute atomic E-state index is 12.8. The standard InChI is InChI=1S/C21H29N5O3/c1-13-23-24-21(29-13)26-10-15-8-17(22-20(27)18-4-3-7-25(18)2)19(9-16(15)11-26)28-12-14-5-6-14/h3-4,7,14-17,19H,5-6,8-12H2,1-2H3,(H,22,27)/t15-,16+,17-,19-/m0/s1. The van der Waals surface area contributed by atoms with E-state index >= 15 is 0 Å². The molecule has 1 amide bonds. The molecular formula is C21H29N5O3. The summed E-state index contributed by atoms with van der Waals surface area (Å²) in [6.45, 7) is 4.42. The van der Waals surface area contributed by atoms with Crippen molar-refractivity contribution in [1.29, 1.82) is 0 Å². The van der Waals surface area contributed by atoms with Crippen LogP contribution in [0.2, 0.25) is 0 Å². The molecule has 0 bridgehead atoms. The number of ether oxygens (including phenoxy) is 1. The number of aromatic nitrogens is 3. The highest BCUT2D eigenvalue weighted by atomic mass is 16.5. The van der Waals surface area contributed by atoms with Gasteiger partial charge in [0.1, 0.15) is 5.69 Å². The first kappa shape index (κ1) is 18.7.